The number of nitrogen functional groups attached to an aromatic ring is 1. The zero-order valence-corrected chi connectivity index (χ0v) is 11.5. The molecular formula is C13H18N6O. The molecule has 0 spiro atoms. The first-order valence-electron chi connectivity index (χ1n) is 6.80. The summed E-state index contributed by atoms with van der Waals surface area (Å²) < 4.78 is 3.90. The Balaban J connectivity index is 1.83. The Bertz CT molecular complexity index is 629. The van der Waals surface area contributed by atoms with Crippen LogP contribution >= 0.6 is 0 Å². The molecule has 0 saturated carbocycles. The van der Waals surface area contributed by atoms with E-state index in [2.05, 4.69) is 17.1 Å². The normalized spacial score (nSPS) is 14.3. The van der Waals surface area contributed by atoms with Gasteiger partial charge in [0.1, 0.15) is 12.0 Å². The third kappa shape index (κ3) is 2.15. The topological polar surface area (TPSA) is 82.0 Å². The van der Waals surface area contributed by atoms with Crippen molar-refractivity contribution >= 4 is 11.6 Å². The van der Waals surface area contributed by atoms with E-state index in [-0.39, 0.29) is 5.91 Å². The molecule has 2 aromatic heterocycles. The van der Waals surface area contributed by atoms with Gasteiger partial charge in [-0.25, -0.2) is 0 Å². The van der Waals surface area contributed by atoms with Crippen LogP contribution in [0.1, 0.15) is 29.7 Å². The maximum atomic E-state index is 12.6. The fraction of sp³-hybridized carbons (Fsp3) is 0.462. The summed E-state index contributed by atoms with van der Waals surface area (Å²) >= 11 is 0. The van der Waals surface area contributed by atoms with Gasteiger partial charge in [-0.15, -0.1) is 10.2 Å². The van der Waals surface area contributed by atoms with Crippen molar-refractivity contribution in [3.05, 3.63) is 30.1 Å². The van der Waals surface area contributed by atoms with Gasteiger partial charge in [-0.1, -0.05) is 6.92 Å². The Kier molecular flexibility index (Phi) is 3.17. The highest BCUT2D eigenvalue weighted by molar-refractivity contribution is 5.93. The van der Waals surface area contributed by atoms with Crippen LogP contribution in [0.5, 0.6) is 0 Å². The van der Waals surface area contributed by atoms with Crippen molar-refractivity contribution in [1.82, 2.24) is 24.2 Å². The van der Waals surface area contributed by atoms with Gasteiger partial charge in [0.05, 0.1) is 12.2 Å². The van der Waals surface area contributed by atoms with Crippen molar-refractivity contribution in [1.29, 1.82) is 0 Å². The summed E-state index contributed by atoms with van der Waals surface area (Å²) in [6, 6.07) is 1.75. The lowest BCUT2D eigenvalue weighted by molar-refractivity contribution is 0.0696. The summed E-state index contributed by atoms with van der Waals surface area (Å²) in [5.41, 5.74) is 7.10. The van der Waals surface area contributed by atoms with Crippen LogP contribution in [0, 0.1) is 0 Å². The predicted octanol–water partition coefficient (Wildman–Crippen LogP) is 0.728. The molecule has 7 nitrogen and oxygen atoms in total. The second-order valence-corrected chi connectivity index (χ2v) is 5.02. The fourth-order valence-corrected chi connectivity index (χ4v) is 2.54. The van der Waals surface area contributed by atoms with E-state index in [1.54, 1.807) is 17.3 Å². The molecule has 0 saturated heterocycles. The zero-order chi connectivity index (χ0) is 14.1. The first-order chi connectivity index (χ1) is 9.69. The second-order valence-electron chi connectivity index (χ2n) is 5.02. The monoisotopic (exact) mass is 274 g/mol. The van der Waals surface area contributed by atoms with E-state index < -0.39 is 0 Å². The minimum absolute atomic E-state index is 0.00407. The van der Waals surface area contributed by atoms with Crippen molar-refractivity contribution < 1.29 is 4.79 Å². The number of carbonyl (C=O) groups is 1. The number of hydrogen-bond donors (Lipinski definition) is 1. The predicted molar refractivity (Wildman–Crippen MR) is 73.9 cm³/mol. The number of aryl methyl sites for hydroxylation is 1. The Morgan fingerprint density at radius 3 is 3.10 bits per heavy atom. The van der Waals surface area contributed by atoms with E-state index in [0.717, 1.165) is 25.3 Å². The van der Waals surface area contributed by atoms with Gasteiger partial charge in [0, 0.05) is 25.8 Å². The van der Waals surface area contributed by atoms with Crippen molar-refractivity contribution in [2.24, 2.45) is 0 Å². The highest BCUT2D eigenvalue weighted by Gasteiger charge is 2.25. The number of anilines is 1. The molecule has 20 heavy (non-hydrogen) atoms. The lowest BCUT2D eigenvalue weighted by Gasteiger charge is -2.27. The molecule has 106 valence electrons. The fourth-order valence-electron chi connectivity index (χ4n) is 2.54. The van der Waals surface area contributed by atoms with Gasteiger partial charge >= 0.3 is 0 Å². The average molecular weight is 274 g/mol. The van der Waals surface area contributed by atoms with Crippen molar-refractivity contribution in [2.75, 3.05) is 12.3 Å². The first-order valence-corrected chi connectivity index (χ1v) is 6.80. The van der Waals surface area contributed by atoms with Crippen LogP contribution in [0.4, 0.5) is 5.69 Å². The molecule has 1 aliphatic rings. The molecule has 2 aromatic rings. The summed E-state index contributed by atoms with van der Waals surface area (Å²) in [4.78, 5) is 14.4. The van der Waals surface area contributed by atoms with Gasteiger partial charge in [-0.05, 0) is 12.5 Å². The number of carbonyl (C=O) groups excluding carboxylic acids is 1. The van der Waals surface area contributed by atoms with Crippen LogP contribution in [0.3, 0.4) is 0 Å². The molecule has 0 fully saturated rings. The Morgan fingerprint density at radius 2 is 2.30 bits per heavy atom. The molecule has 7 heteroatoms. The van der Waals surface area contributed by atoms with E-state index in [1.165, 1.54) is 0 Å². The summed E-state index contributed by atoms with van der Waals surface area (Å²) in [5.74, 6) is 0.829. The third-order valence-corrected chi connectivity index (χ3v) is 3.53. The highest BCUT2D eigenvalue weighted by Crippen LogP contribution is 2.17. The van der Waals surface area contributed by atoms with Crippen LogP contribution in [0.15, 0.2) is 18.6 Å². The van der Waals surface area contributed by atoms with Crippen molar-refractivity contribution in [3.8, 4) is 0 Å². The van der Waals surface area contributed by atoms with E-state index in [1.807, 2.05) is 15.3 Å². The smallest absolute Gasteiger partial charge is 0.271 e. The molecule has 1 aliphatic heterocycles. The summed E-state index contributed by atoms with van der Waals surface area (Å²) in [6.45, 7) is 4.77. The lowest BCUT2D eigenvalue weighted by atomic mass is 10.3. The Morgan fingerprint density at radius 1 is 1.45 bits per heavy atom. The molecule has 0 aromatic carbocycles. The lowest BCUT2D eigenvalue weighted by Crippen LogP contribution is -2.39. The molecule has 0 unspecified atom stereocenters. The van der Waals surface area contributed by atoms with Crippen LogP contribution < -0.4 is 5.73 Å². The number of nitrogens with two attached hydrogens (primary N) is 1. The quantitative estimate of drug-likeness (QED) is 0.894. The first kappa shape index (κ1) is 12.7. The van der Waals surface area contributed by atoms with E-state index >= 15 is 0 Å². The molecule has 3 rings (SSSR count). The number of aromatic nitrogens is 4. The summed E-state index contributed by atoms with van der Waals surface area (Å²) in [7, 11) is 0. The molecule has 0 atom stereocenters. The maximum Gasteiger partial charge on any atom is 0.271 e. The van der Waals surface area contributed by atoms with Crippen molar-refractivity contribution in [2.45, 2.75) is 33.0 Å². The molecule has 2 N–H and O–H groups in total. The van der Waals surface area contributed by atoms with Crippen LogP contribution in [0.2, 0.25) is 0 Å². The van der Waals surface area contributed by atoms with Crippen LogP contribution in [-0.4, -0.2) is 36.7 Å². The SMILES string of the molecule is CCCn1cc(N)cc1C(=O)N1CCn2cnnc2C1. The van der Waals surface area contributed by atoms with Gasteiger partial charge in [0.2, 0.25) is 0 Å². The van der Waals surface area contributed by atoms with Gasteiger partial charge in [0.25, 0.3) is 5.91 Å². The Labute approximate surface area is 117 Å². The molecule has 3 heterocycles. The zero-order valence-electron chi connectivity index (χ0n) is 11.5. The van der Waals surface area contributed by atoms with Gasteiger partial charge in [0.15, 0.2) is 5.82 Å². The number of nitrogens with zero attached hydrogens (tertiary/aromatic N) is 5. The Hall–Kier alpha value is -2.31. The largest absolute Gasteiger partial charge is 0.397 e. The van der Waals surface area contributed by atoms with E-state index in [9.17, 15) is 4.79 Å². The summed E-state index contributed by atoms with van der Waals surface area (Å²) in [6.07, 6.45) is 4.49. The maximum absolute atomic E-state index is 12.6. The standard InChI is InChI=1S/C13H18N6O/c1-2-3-17-7-10(14)6-11(17)13(20)18-4-5-19-9-15-16-12(19)8-18/h6-7,9H,2-5,8,14H2,1H3. The van der Waals surface area contributed by atoms with Crippen LogP contribution in [-0.2, 0) is 19.6 Å². The number of rotatable bonds is 3. The van der Waals surface area contributed by atoms with Gasteiger partial charge in [-0.3, -0.25) is 4.79 Å². The minimum Gasteiger partial charge on any atom is -0.397 e. The molecule has 0 radical (unpaired) electrons. The highest BCUT2D eigenvalue weighted by atomic mass is 16.2. The van der Waals surface area contributed by atoms with Gasteiger partial charge in [-0.2, -0.15) is 0 Å². The number of fused-ring (bicyclic) bond motifs is 1. The molecule has 0 bridgehead atoms. The van der Waals surface area contributed by atoms with E-state index in [4.69, 9.17) is 5.73 Å². The van der Waals surface area contributed by atoms with Crippen LogP contribution in [0.25, 0.3) is 0 Å². The number of hydrogen-bond acceptors (Lipinski definition) is 4. The second kappa shape index (κ2) is 4.99. The van der Waals surface area contributed by atoms with Crippen molar-refractivity contribution in [3.63, 3.8) is 0 Å². The number of amides is 1. The van der Waals surface area contributed by atoms with Gasteiger partial charge < -0.3 is 19.8 Å². The molecule has 0 aliphatic carbocycles. The molecular weight excluding hydrogens is 256 g/mol. The van der Waals surface area contributed by atoms with E-state index in [0.29, 0.717) is 24.5 Å². The third-order valence-electron chi connectivity index (χ3n) is 3.53. The summed E-state index contributed by atoms with van der Waals surface area (Å²) in [5, 5.41) is 7.91. The minimum atomic E-state index is 0.00407. The molecule has 1 amide bonds. The average Bonchev–Trinajstić information content (AvgIpc) is 3.04.